The number of likely N-dealkylation sites (N-methyl/N-ethyl adjacent to an activating group) is 1. The average molecular weight is 287 g/mol. The number of nitrogens with zero attached hydrogens (tertiary/aromatic N) is 1. The summed E-state index contributed by atoms with van der Waals surface area (Å²) in [6.45, 7) is 1.97. The summed E-state index contributed by atoms with van der Waals surface area (Å²) in [5.74, 6) is 1.68. The standard InChI is InChI=1S/C17H21NO3/c1-18-8-6-11-3-4-13(20-2)16-15(11)17(10-18)7-5-12(19)9-14(17)21-16/h3-5,7,12,14,19H,6,8-10H2,1-2H3. The molecule has 0 saturated carbocycles. The van der Waals surface area contributed by atoms with Gasteiger partial charge in [0.1, 0.15) is 6.10 Å². The summed E-state index contributed by atoms with van der Waals surface area (Å²) in [7, 11) is 3.84. The van der Waals surface area contributed by atoms with Gasteiger partial charge in [-0.25, -0.2) is 0 Å². The molecule has 3 unspecified atom stereocenters. The van der Waals surface area contributed by atoms with Gasteiger partial charge in [0.05, 0.1) is 18.6 Å². The third kappa shape index (κ3) is 1.75. The Morgan fingerprint density at radius 3 is 3.10 bits per heavy atom. The van der Waals surface area contributed by atoms with Gasteiger partial charge in [0, 0.05) is 25.1 Å². The zero-order valence-electron chi connectivity index (χ0n) is 12.5. The van der Waals surface area contributed by atoms with Crippen molar-refractivity contribution in [2.75, 3.05) is 27.2 Å². The van der Waals surface area contributed by atoms with Crippen molar-refractivity contribution < 1.29 is 14.6 Å². The van der Waals surface area contributed by atoms with Crippen molar-refractivity contribution in [3.63, 3.8) is 0 Å². The lowest BCUT2D eigenvalue weighted by Crippen LogP contribution is -2.48. The fourth-order valence-corrected chi connectivity index (χ4v) is 4.11. The third-order valence-electron chi connectivity index (χ3n) is 5.09. The highest BCUT2D eigenvalue weighted by atomic mass is 16.5. The quantitative estimate of drug-likeness (QED) is 0.795. The normalized spacial score (nSPS) is 33.9. The fourth-order valence-electron chi connectivity index (χ4n) is 4.11. The summed E-state index contributed by atoms with van der Waals surface area (Å²) < 4.78 is 11.8. The van der Waals surface area contributed by atoms with Crippen LogP contribution in [0.1, 0.15) is 17.5 Å². The number of aliphatic hydroxyl groups excluding tert-OH is 1. The van der Waals surface area contributed by atoms with E-state index in [1.165, 1.54) is 11.1 Å². The minimum absolute atomic E-state index is 0.0110. The van der Waals surface area contributed by atoms with Crippen molar-refractivity contribution in [1.82, 2.24) is 4.90 Å². The third-order valence-corrected chi connectivity index (χ3v) is 5.09. The molecule has 21 heavy (non-hydrogen) atoms. The summed E-state index contributed by atoms with van der Waals surface area (Å²) >= 11 is 0. The number of methoxy groups -OCH3 is 1. The van der Waals surface area contributed by atoms with Crippen molar-refractivity contribution in [3.8, 4) is 11.5 Å². The summed E-state index contributed by atoms with van der Waals surface area (Å²) in [6, 6.07) is 4.17. The van der Waals surface area contributed by atoms with Gasteiger partial charge in [-0.3, -0.25) is 0 Å². The maximum Gasteiger partial charge on any atom is 0.166 e. The molecule has 4 heteroatoms. The number of rotatable bonds is 1. The molecule has 2 heterocycles. The van der Waals surface area contributed by atoms with Gasteiger partial charge >= 0.3 is 0 Å². The van der Waals surface area contributed by atoms with Crippen molar-refractivity contribution in [3.05, 3.63) is 35.4 Å². The van der Waals surface area contributed by atoms with Crippen LogP contribution in [0.4, 0.5) is 0 Å². The number of hydrogen-bond acceptors (Lipinski definition) is 4. The molecule has 0 amide bonds. The molecule has 1 spiro atoms. The van der Waals surface area contributed by atoms with Gasteiger partial charge in [-0.1, -0.05) is 18.2 Å². The summed E-state index contributed by atoms with van der Waals surface area (Å²) in [5, 5.41) is 9.98. The van der Waals surface area contributed by atoms with Crippen molar-refractivity contribution in [1.29, 1.82) is 0 Å². The van der Waals surface area contributed by atoms with Crippen LogP contribution in [0.3, 0.4) is 0 Å². The number of benzene rings is 1. The Kier molecular flexibility index (Phi) is 2.81. The molecule has 4 nitrogen and oxygen atoms in total. The molecule has 0 bridgehead atoms. The van der Waals surface area contributed by atoms with Gasteiger partial charge in [-0.15, -0.1) is 0 Å². The lowest BCUT2D eigenvalue weighted by Gasteiger charge is -2.37. The minimum atomic E-state index is -0.419. The van der Waals surface area contributed by atoms with E-state index in [4.69, 9.17) is 9.47 Å². The molecule has 3 aliphatic rings. The maximum atomic E-state index is 9.98. The monoisotopic (exact) mass is 287 g/mol. The van der Waals surface area contributed by atoms with E-state index in [9.17, 15) is 5.11 Å². The van der Waals surface area contributed by atoms with Crippen LogP contribution < -0.4 is 9.47 Å². The second-order valence-corrected chi connectivity index (χ2v) is 6.43. The molecule has 0 aromatic heterocycles. The molecule has 2 aliphatic heterocycles. The van der Waals surface area contributed by atoms with Crippen molar-refractivity contribution in [2.45, 2.75) is 30.5 Å². The summed E-state index contributed by atoms with van der Waals surface area (Å²) in [4.78, 5) is 2.36. The van der Waals surface area contributed by atoms with E-state index >= 15 is 0 Å². The van der Waals surface area contributed by atoms with Gasteiger partial charge in [-0.2, -0.15) is 0 Å². The second kappa shape index (κ2) is 4.49. The Balaban J connectivity index is 1.96. The van der Waals surface area contributed by atoms with Crippen molar-refractivity contribution >= 4 is 0 Å². The van der Waals surface area contributed by atoms with Gasteiger partial charge in [0.15, 0.2) is 11.5 Å². The van der Waals surface area contributed by atoms with Crippen LogP contribution in [-0.2, 0) is 11.8 Å². The first-order valence-corrected chi connectivity index (χ1v) is 7.57. The molecular formula is C17H21NO3. The molecule has 1 aromatic carbocycles. The Morgan fingerprint density at radius 2 is 2.29 bits per heavy atom. The predicted octanol–water partition coefficient (Wildman–Crippen LogP) is 1.50. The van der Waals surface area contributed by atoms with Gasteiger partial charge < -0.3 is 19.5 Å². The van der Waals surface area contributed by atoms with Crippen LogP contribution in [-0.4, -0.2) is 49.5 Å². The van der Waals surface area contributed by atoms with E-state index < -0.39 is 6.10 Å². The highest BCUT2D eigenvalue weighted by Crippen LogP contribution is 2.54. The molecule has 1 aromatic rings. The summed E-state index contributed by atoms with van der Waals surface area (Å²) in [5.41, 5.74) is 2.47. The molecule has 3 atom stereocenters. The number of hydrogen-bond donors (Lipinski definition) is 1. The molecule has 112 valence electrons. The van der Waals surface area contributed by atoms with Crippen LogP contribution >= 0.6 is 0 Å². The first-order valence-electron chi connectivity index (χ1n) is 7.57. The Labute approximate surface area is 125 Å². The smallest absolute Gasteiger partial charge is 0.166 e. The molecular weight excluding hydrogens is 266 g/mol. The second-order valence-electron chi connectivity index (χ2n) is 6.43. The van der Waals surface area contributed by atoms with E-state index in [0.717, 1.165) is 31.0 Å². The molecule has 0 radical (unpaired) electrons. The fraction of sp³-hybridized carbons (Fsp3) is 0.529. The van der Waals surface area contributed by atoms with Crippen LogP contribution in [0, 0.1) is 0 Å². The molecule has 4 rings (SSSR count). The average Bonchev–Trinajstić information content (AvgIpc) is 2.71. The topological polar surface area (TPSA) is 41.9 Å². The molecule has 0 saturated heterocycles. The molecule has 1 aliphatic carbocycles. The molecule has 0 fully saturated rings. The van der Waals surface area contributed by atoms with Crippen LogP contribution in [0.2, 0.25) is 0 Å². The highest BCUT2D eigenvalue weighted by Gasteiger charge is 2.53. The van der Waals surface area contributed by atoms with Crippen molar-refractivity contribution in [2.24, 2.45) is 0 Å². The van der Waals surface area contributed by atoms with E-state index in [0.29, 0.717) is 6.42 Å². The van der Waals surface area contributed by atoms with E-state index in [1.54, 1.807) is 7.11 Å². The lowest BCUT2D eigenvalue weighted by molar-refractivity contribution is 0.0757. The lowest BCUT2D eigenvalue weighted by atomic mass is 9.70. The minimum Gasteiger partial charge on any atom is -0.493 e. The zero-order chi connectivity index (χ0) is 14.6. The van der Waals surface area contributed by atoms with E-state index in [2.05, 4.69) is 24.1 Å². The van der Waals surface area contributed by atoms with E-state index in [1.807, 2.05) is 12.1 Å². The number of ether oxygens (including phenoxy) is 2. The number of aliphatic hydroxyl groups is 1. The predicted molar refractivity (Wildman–Crippen MR) is 80.1 cm³/mol. The summed E-state index contributed by atoms with van der Waals surface area (Å²) in [6.07, 6.45) is 5.33. The first kappa shape index (κ1) is 13.2. The van der Waals surface area contributed by atoms with Crippen LogP contribution in [0.25, 0.3) is 0 Å². The van der Waals surface area contributed by atoms with E-state index in [-0.39, 0.29) is 11.5 Å². The Hall–Kier alpha value is -1.52. The largest absolute Gasteiger partial charge is 0.493 e. The van der Waals surface area contributed by atoms with Gasteiger partial charge in [0.25, 0.3) is 0 Å². The first-order chi connectivity index (χ1) is 10.1. The Bertz CT molecular complexity index is 612. The maximum absolute atomic E-state index is 9.98. The van der Waals surface area contributed by atoms with Crippen LogP contribution in [0.5, 0.6) is 11.5 Å². The van der Waals surface area contributed by atoms with Gasteiger partial charge in [-0.05, 0) is 25.1 Å². The highest BCUT2D eigenvalue weighted by molar-refractivity contribution is 5.61. The molecule has 1 N–H and O–H groups in total. The zero-order valence-corrected chi connectivity index (χ0v) is 12.5. The SMILES string of the molecule is COc1ccc2c3c1OC1CC(O)C=CC31CN(C)CC2. The Morgan fingerprint density at radius 1 is 1.43 bits per heavy atom. The van der Waals surface area contributed by atoms with Gasteiger partial charge in [0.2, 0.25) is 0 Å². The van der Waals surface area contributed by atoms with Crippen LogP contribution in [0.15, 0.2) is 24.3 Å².